The molecule has 0 bridgehead atoms. The van der Waals surface area contributed by atoms with Gasteiger partial charge in [-0.05, 0) is 31.9 Å². The van der Waals surface area contributed by atoms with E-state index < -0.39 is 23.1 Å². The Bertz CT molecular complexity index is 556. The number of carbonyl (C=O) groups excluding carboxylic acids is 1. The quantitative estimate of drug-likeness (QED) is 0.612. The van der Waals surface area contributed by atoms with Gasteiger partial charge in [-0.1, -0.05) is 29.3 Å². The molecule has 0 spiro atoms. The molecule has 0 radical (unpaired) electrons. The largest absolute Gasteiger partial charge is 0.425 e. The first-order chi connectivity index (χ1) is 9.71. The Hall–Kier alpha value is -1.44. The summed E-state index contributed by atoms with van der Waals surface area (Å²) in [5.41, 5.74) is 1.27. The Morgan fingerprint density at radius 2 is 1.32 bits per heavy atom. The van der Waals surface area contributed by atoms with Crippen LogP contribution in [-0.2, 0) is 4.79 Å². The van der Waals surface area contributed by atoms with Crippen LogP contribution in [0.5, 0.6) is 0 Å². The van der Waals surface area contributed by atoms with Crippen molar-refractivity contribution >= 4 is 23.2 Å². The molecular weight excluding hydrogens is 336 g/mol. The van der Waals surface area contributed by atoms with E-state index in [9.17, 15) is 31.1 Å². The van der Waals surface area contributed by atoms with E-state index in [0.29, 0.717) is 11.1 Å². The SMILES string of the molecule is Cc1cc(C)c(NC(=O)C(Cl)(C(F)(F)F)C(F)(F)F)c(C)c1. The lowest BCUT2D eigenvalue weighted by atomic mass is 10.0. The van der Waals surface area contributed by atoms with Gasteiger partial charge in [0.2, 0.25) is 0 Å². The van der Waals surface area contributed by atoms with Crippen LogP contribution < -0.4 is 5.32 Å². The van der Waals surface area contributed by atoms with Crippen molar-refractivity contribution in [1.29, 1.82) is 0 Å². The van der Waals surface area contributed by atoms with E-state index >= 15 is 0 Å². The molecule has 0 aliphatic carbocycles. The van der Waals surface area contributed by atoms with Crippen LogP contribution in [0.15, 0.2) is 12.1 Å². The maximum atomic E-state index is 12.7. The van der Waals surface area contributed by atoms with E-state index in [4.69, 9.17) is 0 Å². The van der Waals surface area contributed by atoms with Gasteiger partial charge in [-0.25, -0.2) is 0 Å². The number of rotatable bonds is 2. The van der Waals surface area contributed by atoms with E-state index in [1.54, 1.807) is 12.2 Å². The zero-order valence-corrected chi connectivity index (χ0v) is 12.5. The highest BCUT2D eigenvalue weighted by molar-refractivity contribution is 6.38. The van der Waals surface area contributed by atoms with Gasteiger partial charge in [0.15, 0.2) is 0 Å². The minimum atomic E-state index is -6.00. The molecule has 9 heteroatoms. The molecular formula is C13H12ClF6NO. The van der Waals surface area contributed by atoms with Crippen LogP contribution in [0.4, 0.5) is 32.0 Å². The van der Waals surface area contributed by atoms with Crippen molar-refractivity contribution < 1.29 is 31.1 Å². The minimum Gasteiger partial charge on any atom is -0.323 e. The Balaban J connectivity index is 3.31. The molecule has 0 aliphatic rings. The highest BCUT2D eigenvalue weighted by atomic mass is 35.5. The predicted molar refractivity (Wildman–Crippen MR) is 70.0 cm³/mol. The van der Waals surface area contributed by atoms with Crippen molar-refractivity contribution in [3.8, 4) is 0 Å². The van der Waals surface area contributed by atoms with Gasteiger partial charge >= 0.3 is 17.2 Å². The van der Waals surface area contributed by atoms with E-state index in [1.165, 1.54) is 26.0 Å². The molecule has 0 saturated carbocycles. The molecule has 0 heterocycles. The third-order valence-corrected chi connectivity index (χ3v) is 3.61. The number of hydrogen-bond donors (Lipinski definition) is 1. The van der Waals surface area contributed by atoms with Gasteiger partial charge in [-0.15, -0.1) is 0 Å². The fourth-order valence-electron chi connectivity index (χ4n) is 2.00. The van der Waals surface area contributed by atoms with Gasteiger partial charge < -0.3 is 5.32 Å². The fraction of sp³-hybridized carbons (Fsp3) is 0.462. The summed E-state index contributed by atoms with van der Waals surface area (Å²) in [6.07, 6.45) is -12.0. The van der Waals surface area contributed by atoms with E-state index in [0.717, 1.165) is 5.56 Å². The second-order valence-electron chi connectivity index (χ2n) is 4.88. The van der Waals surface area contributed by atoms with Crippen LogP contribution in [0.1, 0.15) is 16.7 Å². The molecule has 0 unspecified atom stereocenters. The molecule has 0 fully saturated rings. The van der Waals surface area contributed by atoms with E-state index in [1.807, 2.05) is 0 Å². The first kappa shape index (κ1) is 18.6. The number of alkyl halides is 7. The van der Waals surface area contributed by atoms with Gasteiger partial charge in [0.1, 0.15) is 0 Å². The third kappa shape index (κ3) is 3.16. The first-order valence-corrected chi connectivity index (χ1v) is 6.31. The number of nitrogens with one attached hydrogen (secondary N) is 1. The van der Waals surface area contributed by atoms with Crippen molar-refractivity contribution in [2.45, 2.75) is 38.0 Å². The molecule has 124 valence electrons. The number of aryl methyl sites for hydroxylation is 3. The van der Waals surface area contributed by atoms with Gasteiger partial charge in [0.05, 0.1) is 0 Å². The second kappa shape index (κ2) is 5.64. The zero-order chi connectivity index (χ0) is 17.5. The molecule has 1 aromatic rings. The fourth-order valence-corrected chi connectivity index (χ4v) is 2.04. The lowest BCUT2D eigenvalue weighted by Crippen LogP contribution is -2.60. The summed E-state index contributed by atoms with van der Waals surface area (Å²) in [5, 5.41) is 1.65. The average molecular weight is 348 g/mol. The second-order valence-corrected chi connectivity index (χ2v) is 5.45. The smallest absolute Gasteiger partial charge is 0.323 e. The lowest BCUT2D eigenvalue weighted by molar-refractivity contribution is -0.258. The Labute approximate surface area is 127 Å². The molecule has 1 N–H and O–H groups in total. The highest BCUT2D eigenvalue weighted by Gasteiger charge is 2.75. The summed E-state index contributed by atoms with van der Waals surface area (Å²) in [5.74, 6) is -2.38. The maximum Gasteiger partial charge on any atom is 0.425 e. The summed E-state index contributed by atoms with van der Waals surface area (Å²) in [4.78, 5) is 6.62. The number of carbonyl (C=O) groups is 1. The van der Waals surface area contributed by atoms with Gasteiger partial charge in [-0.2, -0.15) is 26.3 Å². The molecule has 0 aliphatic heterocycles. The Kier molecular flexibility index (Phi) is 4.77. The van der Waals surface area contributed by atoms with Crippen molar-refractivity contribution in [1.82, 2.24) is 0 Å². The van der Waals surface area contributed by atoms with Gasteiger partial charge in [0, 0.05) is 5.69 Å². The van der Waals surface area contributed by atoms with E-state index in [-0.39, 0.29) is 5.69 Å². The molecule has 1 aromatic carbocycles. The molecule has 2 nitrogen and oxygen atoms in total. The summed E-state index contributed by atoms with van der Waals surface area (Å²) in [6.45, 7) is 4.60. The standard InChI is InChI=1S/C13H12ClF6NO/c1-6-4-7(2)9(8(3)5-6)21-10(22)11(14,12(15,16)17)13(18,19)20/h4-5H,1-3H3,(H,21,22). The van der Waals surface area contributed by atoms with Crippen LogP contribution in [0, 0.1) is 20.8 Å². The van der Waals surface area contributed by atoms with Crippen molar-refractivity contribution in [3.05, 3.63) is 28.8 Å². The van der Waals surface area contributed by atoms with Crippen LogP contribution in [-0.4, -0.2) is 23.1 Å². The summed E-state index contributed by atoms with van der Waals surface area (Å²) < 4.78 is 76.2. The molecule has 0 aromatic heterocycles. The van der Waals surface area contributed by atoms with Crippen molar-refractivity contribution in [2.75, 3.05) is 5.32 Å². The minimum absolute atomic E-state index is 0.130. The van der Waals surface area contributed by atoms with Crippen molar-refractivity contribution in [3.63, 3.8) is 0 Å². The molecule has 1 rings (SSSR count). The number of amides is 1. The summed E-state index contributed by atoms with van der Waals surface area (Å²) in [6, 6.07) is 3.03. The monoisotopic (exact) mass is 347 g/mol. The predicted octanol–water partition coefficient (Wildman–Crippen LogP) is 4.65. The Morgan fingerprint density at radius 1 is 0.955 bits per heavy atom. The molecule has 0 atom stereocenters. The van der Waals surface area contributed by atoms with Crippen molar-refractivity contribution in [2.24, 2.45) is 0 Å². The molecule has 1 amide bonds. The average Bonchev–Trinajstić information content (AvgIpc) is 2.29. The normalized spacial score (nSPS) is 13.2. The third-order valence-electron chi connectivity index (χ3n) is 3.01. The molecule has 22 heavy (non-hydrogen) atoms. The maximum absolute atomic E-state index is 12.7. The lowest BCUT2D eigenvalue weighted by Gasteiger charge is -2.30. The number of hydrogen-bond acceptors (Lipinski definition) is 1. The summed E-state index contributed by atoms with van der Waals surface area (Å²) in [7, 11) is 0. The number of halogens is 7. The number of anilines is 1. The molecule has 0 saturated heterocycles. The van der Waals surface area contributed by atoms with Gasteiger partial charge in [-0.3, -0.25) is 4.79 Å². The first-order valence-electron chi connectivity index (χ1n) is 5.93. The zero-order valence-electron chi connectivity index (χ0n) is 11.7. The van der Waals surface area contributed by atoms with Gasteiger partial charge in [0.25, 0.3) is 5.91 Å². The van der Waals surface area contributed by atoms with E-state index in [2.05, 4.69) is 11.6 Å². The van der Waals surface area contributed by atoms with Crippen LogP contribution in [0.25, 0.3) is 0 Å². The summed E-state index contributed by atoms with van der Waals surface area (Å²) >= 11 is 4.67. The Morgan fingerprint density at radius 3 is 1.64 bits per heavy atom. The highest BCUT2D eigenvalue weighted by Crippen LogP contribution is 2.48. The van der Waals surface area contributed by atoms with Crippen LogP contribution in [0.2, 0.25) is 0 Å². The topological polar surface area (TPSA) is 29.1 Å². The number of benzene rings is 1. The van der Waals surface area contributed by atoms with Crippen LogP contribution in [0.3, 0.4) is 0 Å². The van der Waals surface area contributed by atoms with Crippen LogP contribution >= 0.6 is 11.6 Å².